The highest BCUT2D eigenvalue weighted by Crippen LogP contribution is 2.34. The van der Waals surface area contributed by atoms with Gasteiger partial charge in [-0.25, -0.2) is 4.39 Å². The summed E-state index contributed by atoms with van der Waals surface area (Å²) in [4.78, 5) is 12.5. The summed E-state index contributed by atoms with van der Waals surface area (Å²) in [5, 5.41) is 0. The van der Waals surface area contributed by atoms with Crippen molar-refractivity contribution in [3.63, 3.8) is 0 Å². The average Bonchev–Trinajstić information content (AvgIpc) is 2.46. The van der Waals surface area contributed by atoms with Crippen LogP contribution in [0.15, 0.2) is 40.9 Å². The number of carbonyl (C=O) groups is 1. The quantitative estimate of drug-likeness (QED) is 0.794. The predicted molar refractivity (Wildman–Crippen MR) is 77.1 cm³/mol. The molecular weight excluding hydrogens is 327 g/mol. The largest absolute Gasteiger partial charge is 0.497 e. The van der Waals surface area contributed by atoms with E-state index in [1.165, 1.54) is 38.5 Å². The van der Waals surface area contributed by atoms with E-state index < -0.39 is 0 Å². The molecule has 0 N–H and O–H groups in total. The van der Waals surface area contributed by atoms with Crippen molar-refractivity contribution < 1.29 is 18.7 Å². The summed E-state index contributed by atoms with van der Waals surface area (Å²) >= 11 is 3.34. The molecule has 0 aromatic heterocycles. The van der Waals surface area contributed by atoms with Crippen molar-refractivity contribution in [2.75, 3.05) is 14.2 Å². The van der Waals surface area contributed by atoms with Crippen molar-refractivity contribution in [2.45, 2.75) is 0 Å². The fraction of sp³-hybridized carbons (Fsp3) is 0.133. The first kappa shape index (κ1) is 14.5. The lowest BCUT2D eigenvalue weighted by molar-refractivity contribution is 0.103. The van der Waals surface area contributed by atoms with Gasteiger partial charge in [0.2, 0.25) is 0 Å². The lowest BCUT2D eigenvalue weighted by Gasteiger charge is -2.12. The van der Waals surface area contributed by atoms with Crippen molar-refractivity contribution in [1.29, 1.82) is 0 Å². The summed E-state index contributed by atoms with van der Waals surface area (Å²) in [5.41, 5.74) is 0.760. The molecule has 0 atom stereocenters. The van der Waals surface area contributed by atoms with E-state index in [1.807, 2.05) is 0 Å². The van der Waals surface area contributed by atoms with Gasteiger partial charge in [0.25, 0.3) is 0 Å². The Morgan fingerprint density at radius 3 is 2.30 bits per heavy atom. The molecule has 20 heavy (non-hydrogen) atoms. The number of hydrogen-bond donors (Lipinski definition) is 0. The van der Waals surface area contributed by atoms with Gasteiger partial charge in [0.05, 0.1) is 19.8 Å². The number of ether oxygens (including phenoxy) is 2. The molecule has 0 saturated carbocycles. The molecule has 2 aromatic carbocycles. The summed E-state index contributed by atoms with van der Waals surface area (Å²) in [6, 6.07) is 8.68. The fourth-order valence-electron chi connectivity index (χ4n) is 1.80. The molecule has 0 bridgehead atoms. The predicted octanol–water partition coefficient (Wildman–Crippen LogP) is 3.84. The lowest BCUT2D eigenvalue weighted by atomic mass is 10.0. The SMILES string of the molecule is COc1cc(Br)c(C(=O)c2ccc(F)cc2)c(OC)c1. The van der Waals surface area contributed by atoms with Crippen LogP contribution in [0.4, 0.5) is 4.39 Å². The first-order valence-electron chi connectivity index (χ1n) is 5.78. The monoisotopic (exact) mass is 338 g/mol. The Hall–Kier alpha value is -1.88. The normalized spacial score (nSPS) is 10.2. The summed E-state index contributed by atoms with van der Waals surface area (Å²) < 4.78 is 23.8. The molecule has 104 valence electrons. The van der Waals surface area contributed by atoms with Crippen molar-refractivity contribution in [1.82, 2.24) is 0 Å². The maximum absolute atomic E-state index is 12.9. The zero-order valence-corrected chi connectivity index (χ0v) is 12.5. The Balaban J connectivity index is 2.51. The Bertz CT molecular complexity index is 638. The number of carbonyl (C=O) groups excluding carboxylic acids is 1. The minimum atomic E-state index is -0.387. The smallest absolute Gasteiger partial charge is 0.197 e. The van der Waals surface area contributed by atoms with E-state index in [9.17, 15) is 9.18 Å². The molecule has 0 unspecified atom stereocenters. The zero-order chi connectivity index (χ0) is 14.7. The van der Waals surface area contributed by atoms with E-state index in [4.69, 9.17) is 9.47 Å². The molecule has 0 aliphatic heterocycles. The number of methoxy groups -OCH3 is 2. The van der Waals surface area contributed by atoms with Gasteiger partial charge in [-0.2, -0.15) is 0 Å². The number of benzene rings is 2. The van der Waals surface area contributed by atoms with E-state index in [-0.39, 0.29) is 11.6 Å². The van der Waals surface area contributed by atoms with Gasteiger partial charge in [-0.15, -0.1) is 0 Å². The molecule has 0 saturated heterocycles. The standard InChI is InChI=1S/C15H12BrFO3/c1-19-11-7-12(16)14(13(8-11)20-2)15(18)9-3-5-10(17)6-4-9/h3-8H,1-2H3. The van der Waals surface area contributed by atoms with E-state index in [2.05, 4.69) is 15.9 Å². The van der Waals surface area contributed by atoms with Crippen LogP contribution in [0.2, 0.25) is 0 Å². The first-order chi connectivity index (χ1) is 9.56. The molecule has 5 heteroatoms. The Kier molecular flexibility index (Phi) is 4.39. The van der Waals surface area contributed by atoms with E-state index in [0.29, 0.717) is 27.1 Å². The third kappa shape index (κ3) is 2.82. The second-order valence-corrected chi connectivity index (χ2v) is 4.88. The Morgan fingerprint density at radius 2 is 1.75 bits per heavy atom. The van der Waals surface area contributed by atoms with Crippen molar-refractivity contribution in [3.05, 3.63) is 57.8 Å². The maximum Gasteiger partial charge on any atom is 0.197 e. The van der Waals surface area contributed by atoms with Crippen molar-refractivity contribution in [3.8, 4) is 11.5 Å². The summed E-state index contributed by atoms with van der Waals surface area (Å²) in [6.07, 6.45) is 0. The number of halogens is 2. The topological polar surface area (TPSA) is 35.5 Å². The molecule has 0 aliphatic rings. The molecule has 0 fully saturated rings. The van der Waals surface area contributed by atoms with Gasteiger partial charge in [-0.1, -0.05) is 0 Å². The summed E-state index contributed by atoms with van der Waals surface area (Å²) in [7, 11) is 3.01. The van der Waals surface area contributed by atoms with E-state index in [0.717, 1.165) is 0 Å². The molecule has 2 rings (SSSR count). The van der Waals surface area contributed by atoms with Crippen LogP contribution in [0, 0.1) is 5.82 Å². The molecule has 0 heterocycles. The highest BCUT2D eigenvalue weighted by Gasteiger charge is 2.19. The summed E-state index contributed by atoms with van der Waals surface area (Å²) in [6.45, 7) is 0. The van der Waals surface area contributed by atoms with Gasteiger partial charge in [0, 0.05) is 16.1 Å². The molecule has 0 amide bonds. The van der Waals surface area contributed by atoms with Gasteiger partial charge in [-0.05, 0) is 46.3 Å². The first-order valence-corrected chi connectivity index (χ1v) is 6.58. The van der Waals surface area contributed by atoms with Crippen LogP contribution in [0.3, 0.4) is 0 Å². The number of ketones is 1. The van der Waals surface area contributed by atoms with Crippen LogP contribution in [-0.2, 0) is 0 Å². The van der Waals surface area contributed by atoms with Crippen LogP contribution in [0.5, 0.6) is 11.5 Å². The molecular formula is C15H12BrFO3. The van der Waals surface area contributed by atoms with Crippen molar-refractivity contribution in [2.24, 2.45) is 0 Å². The third-order valence-corrected chi connectivity index (χ3v) is 3.44. The molecule has 0 radical (unpaired) electrons. The van der Waals surface area contributed by atoms with Gasteiger partial charge >= 0.3 is 0 Å². The summed E-state index contributed by atoms with van der Waals surface area (Å²) in [5.74, 6) is 0.327. The van der Waals surface area contributed by atoms with Gasteiger partial charge in [0.15, 0.2) is 5.78 Å². The molecule has 3 nitrogen and oxygen atoms in total. The van der Waals surface area contributed by atoms with E-state index in [1.54, 1.807) is 12.1 Å². The third-order valence-electron chi connectivity index (χ3n) is 2.82. The highest BCUT2D eigenvalue weighted by atomic mass is 79.9. The Labute approximate surface area is 124 Å². The average molecular weight is 339 g/mol. The van der Waals surface area contributed by atoms with Gasteiger partial charge < -0.3 is 9.47 Å². The maximum atomic E-state index is 12.9. The van der Waals surface area contributed by atoms with Crippen LogP contribution in [0.25, 0.3) is 0 Å². The Morgan fingerprint density at radius 1 is 1.10 bits per heavy atom. The van der Waals surface area contributed by atoms with Crippen LogP contribution >= 0.6 is 15.9 Å². The molecule has 2 aromatic rings. The second-order valence-electron chi connectivity index (χ2n) is 4.02. The number of rotatable bonds is 4. The van der Waals surface area contributed by atoms with Crippen LogP contribution < -0.4 is 9.47 Å². The number of hydrogen-bond acceptors (Lipinski definition) is 3. The fourth-order valence-corrected chi connectivity index (χ4v) is 2.40. The second kappa shape index (κ2) is 6.05. The van der Waals surface area contributed by atoms with Gasteiger partial charge in [0.1, 0.15) is 17.3 Å². The van der Waals surface area contributed by atoms with E-state index >= 15 is 0 Å². The zero-order valence-electron chi connectivity index (χ0n) is 10.9. The minimum Gasteiger partial charge on any atom is -0.497 e. The van der Waals surface area contributed by atoms with Crippen LogP contribution in [-0.4, -0.2) is 20.0 Å². The molecule has 0 spiro atoms. The van der Waals surface area contributed by atoms with Crippen molar-refractivity contribution >= 4 is 21.7 Å². The van der Waals surface area contributed by atoms with Gasteiger partial charge in [-0.3, -0.25) is 4.79 Å². The highest BCUT2D eigenvalue weighted by molar-refractivity contribution is 9.10. The minimum absolute atomic E-state index is 0.253. The molecule has 0 aliphatic carbocycles. The lowest BCUT2D eigenvalue weighted by Crippen LogP contribution is -2.05. The van der Waals surface area contributed by atoms with Crippen LogP contribution in [0.1, 0.15) is 15.9 Å².